The van der Waals surface area contributed by atoms with Crippen LogP contribution >= 0.6 is 0 Å². The van der Waals surface area contributed by atoms with E-state index >= 15 is 0 Å². The quantitative estimate of drug-likeness (QED) is 0.471. The van der Waals surface area contributed by atoms with Gasteiger partial charge in [0.25, 0.3) is 11.6 Å². The summed E-state index contributed by atoms with van der Waals surface area (Å²) in [6, 6.07) is 4.25. The lowest BCUT2D eigenvalue weighted by Gasteiger charge is -2.28. The van der Waals surface area contributed by atoms with Crippen molar-refractivity contribution in [3.63, 3.8) is 0 Å². The number of para-hydroxylation sites is 1. The highest BCUT2D eigenvalue weighted by atomic mass is 16.6. The molecule has 1 rings (SSSR count). The van der Waals surface area contributed by atoms with Crippen molar-refractivity contribution in [3.05, 3.63) is 33.9 Å². The summed E-state index contributed by atoms with van der Waals surface area (Å²) in [6.45, 7) is 4.69. The molecule has 7 nitrogen and oxygen atoms in total. The maximum atomic E-state index is 12.6. The van der Waals surface area contributed by atoms with Crippen LogP contribution in [0.2, 0.25) is 0 Å². The van der Waals surface area contributed by atoms with E-state index in [0.717, 1.165) is 6.42 Å². The number of nitro groups is 1. The number of nitrogens with zero attached hydrogens (tertiary/aromatic N) is 2. The number of rotatable bonds is 7. The molecule has 116 valence electrons. The van der Waals surface area contributed by atoms with E-state index in [9.17, 15) is 14.9 Å². The zero-order chi connectivity index (χ0) is 16.0. The fourth-order valence-electron chi connectivity index (χ4n) is 1.99. The van der Waals surface area contributed by atoms with Gasteiger partial charge in [0.15, 0.2) is 0 Å². The summed E-state index contributed by atoms with van der Waals surface area (Å²) >= 11 is 0. The molecule has 0 fully saturated rings. The zero-order valence-corrected chi connectivity index (χ0v) is 12.5. The van der Waals surface area contributed by atoms with Gasteiger partial charge in [-0.2, -0.15) is 0 Å². The molecule has 1 aromatic rings. The first kappa shape index (κ1) is 16.9. The Morgan fingerprint density at radius 2 is 2.19 bits per heavy atom. The molecule has 0 aliphatic carbocycles. The van der Waals surface area contributed by atoms with Crippen molar-refractivity contribution < 1.29 is 14.5 Å². The molecule has 1 amide bonds. The normalized spacial score (nSPS) is 12.0. The number of benzene rings is 1. The molecule has 1 atom stereocenters. The van der Waals surface area contributed by atoms with Gasteiger partial charge in [0.2, 0.25) is 0 Å². The Morgan fingerprint density at radius 1 is 1.52 bits per heavy atom. The summed E-state index contributed by atoms with van der Waals surface area (Å²) in [4.78, 5) is 24.6. The van der Waals surface area contributed by atoms with Crippen molar-refractivity contribution >= 4 is 17.3 Å². The first-order chi connectivity index (χ1) is 9.93. The fourth-order valence-corrected chi connectivity index (χ4v) is 1.99. The molecule has 0 heterocycles. The number of nitrogens with two attached hydrogens (primary N) is 1. The lowest BCUT2D eigenvalue weighted by atomic mass is 10.1. The fraction of sp³-hybridized carbons (Fsp3) is 0.500. The van der Waals surface area contributed by atoms with E-state index in [4.69, 9.17) is 10.5 Å². The molecular weight excluding hydrogens is 274 g/mol. The van der Waals surface area contributed by atoms with Gasteiger partial charge in [-0.3, -0.25) is 14.9 Å². The number of ether oxygens (including phenoxy) is 1. The maximum Gasteiger partial charge on any atom is 0.292 e. The van der Waals surface area contributed by atoms with Crippen LogP contribution in [0.15, 0.2) is 18.2 Å². The van der Waals surface area contributed by atoms with Gasteiger partial charge in [-0.25, -0.2) is 0 Å². The summed E-state index contributed by atoms with van der Waals surface area (Å²) < 4.78 is 5.01. The van der Waals surface area contributed by atoms with Crippen LogP contribution in [-0.4, -0.2) is 42.0 Å². The van der Waals surface area contributed by atoms with Gasteiger partial charge >= 0.3 is 0 Å². The van der Waals surface area contributed by atoms with Crippen molar-refractivity contribution in [2.45, 2.75) is 26.3 Å². The Morgan fingerprint density at radius 3 is 2.71 bits per heavy atom. The molecule has 0 spiro atoms. The van der Waals surface area contributed by atoms with Crippen molar-refractivity contribution in [1.29, 1.82) is 0 Å². The topological polar surface area (TPSA) is 98.7 Å². The van der Waals surface area contributed by atoms with Crippen LogP contribution in [0, 0.1) is 10.1 Å². The molecule has 0 radical (unpaired) electrons. The van der Waals surface area contributed by atoms with Crippen molar-refractivity contribution in [2.24, 2.45) is 0 Å². The van der Waals surface area contributed by atoms with Crippen molar-refractivity contribution in [2.75, 3.05) is 26.0 Å². The Labute approximate surface area is 123 Å². The Hall–Kier alpha value is -2.15. The molecule has 0 aliphatic rings. The molecule has 0 bridgehead atoms. The van der Waals surface area contributed by atoms with Crippen LogP contribution in [0.4, 0.5) is 11.4 Å². The number of carbonyl (C=O) groups is 1. The van der Waals surface area contributed by atoms with Crippen LogP contribution in [0.3, 0.4) is 0 Å². The summed E-state index contributed by atoms with van der Waals surface area (Å²) in [5.74, 6) is -0.317. The van der Waals surface area contributed by atoms with Crippen LogP contribution in [-0.2, 0) is 4.74 Å². The van der Waals surface area contributed by atoms with Crippen molar-refractivity contribution in [1.82, 2.24) is 4.90 Å². The molecule has 1 aromatic carbocycles. The van der Waals surface area contributed by atoms with E-state index in [0.29, 0.717) is 13.2 Å². The number of carbonyl (C=O) groups excluding carboxylic acids is 1. The first-order valence-corrected chi connectivity index (χ1v) is 6.76. The maximum absolute atomic E-state index is 12.6. The molecule has 21 heavy (non-hydrogen) atoms. The third kappa shape index (κ3) is 3.91. The van der Waals surface area contributed by atoms with Gasteiger partial charge in [0.1, 0.15) is 5.69 Å². The van der Waals surface area contributed by atoms with Gasteiger partial charge in [-0.1, -0.05) is 13.0 Å². The van der Waals surface area contributed by atoms with Crippen LogP contribution < -0.4 is 5.73 Å². The van der Waals surface area contributed by atoms with Gasteiger partial charge in [-0.15, -0.1) is 0 Å². The van der Waals surface area contributed by atoms with Crippen LogP contribution in [0.1, 0.15) is 30.6 Å². The van der Waals surface area contributed by atoms with Gasteiger partial charge in [0.05, 0.1) is 17.1 Å². The third-order valence-electron chi connectivity index (χ3n) is 3.43. The predicted octanol–water partition coefficient (Wildman–Crippen LogP) is 2.06. The standard InChI is InChI=1S/C14H21N3O4/c1-4-10(2)16(8-9-21-3)14(18)11-6-5-7-12(13(11)15)17(19)20/h5-7,10H,4,8-9,15H2,1-3H3. The molecule has 0 aromatic heterocycles. The van der Waals surface area contributed by atoms with Gasteiger partial charge in [-0.05, 0) is 19.4 Å². The Bertz CT molecular complexity index is 519. The minimum atomic E-state index is -0.588. The summed E-state index contributed by atoms with van der Waals surface area (Å²) in [7, 11) is 1.56. The number of nitrogen functional groups attached to an aromatic ring is 1. The van der Waals surface area contributed by atoms with E-state index in [1.807, 2.05) is 13.8 Å². The van der Waals surface area contributed by atoms with E-state index in [2.05, 4.69) is 0 Å². The third-order valence-corrected chi connectivity index (χ3v) is 3.43. The largest absolute Gasteiger partial charge is 0.393 e. The van der Waals surface area contributed by atoms with E-state index in [1.165, 1.54) is 18.2 Å². The molecule has 0 saturated heterocycles. The SMILES string of the molecule is CCC(C)N(CCOC)C(=O)c1cccc([N+](=O)[O-])c1N. The highest BCUT2D eigenvalue weighted by molar-refractivity contribution is 6.01. The number of hydrogen-bond acceptors (Lipinski definition) is 5. The monoisotopic (exact) mass is 295 g/mol. The average molecular weight is 295 g/mol. The van der Waals surface area contributed by atoms with E-state index in [-0.39, 0.29) is 28.9 Å². The van der Waals surface area contributed by atoms with Gasteiger partial charge < -0.3 is 15.4 Å². The number of hydrogen-bond donors (Lipinski definition) is 1. The van der Waals surface area contributed by atoms with Crippen LogP contribution in [0.25, 0.3) is 0 Å². The lowest BCUT2D eigenvalue weighted by Crippen LogP contribution is -2.40. The summed E-state index contributed by atoms with van der Waals surface area (Å²) in [5, 5.41) is 10.9. The summed E-state index contributed by atoms with van der Waals surface area (Å²) in [6.07, 6.45) is 0.768. The van der Waals surface area contributed by atoms with Crippen LogP contribution in [0.5, 0.6) is 0 Å². The van der Waals surface area contributed by atoms with E-state index < -0.39 is 4.92 Å². The highest BCUT2D eigenvalue weighted by Crippen LogP contribution is 2.26. The second kappa shape index (κ2) is 7.58. The molecule has 0 saturated carbocycles. The van der Waals surface area contributed by atoms with E-state index in [1.54, 1.807) is 12.0 Å². The second-order valence-corrected chi connectivity index (χ2v) is 4.74. The number of nitro benzene ring substituents is 1. The molecule has 1 unspecified atom stereocenters. The smallest absolute Gasteiger partial charge is 0.292 e. The highest BCUT2D eigenvalue weighted by Gasteiger charge is 2.25. The second-order valence-electron chi connectivity index (χ2n) is 4.74. The van der Waals surface area contributed by atoms with Gasteiger partial charge in [0, 0.05) is 25.8 Å². The average Bonchev–Trinajstić information content (AvgIpc) is 2.46. The predicted molar refractivity (Wildman–Crippen MR) is 80.2 cm³/mol. The lowest BCUT2D eigenvalue weighted by molar-refractivity contribution is -0.383. The Kier molecular flexibility index (Phi) is 6.10. The number of methoxy groups -OCH3 is 1. The molecule has 2 N–H and O–H groups in total. The number of amides is 1. The summed E-state index contributed by atoms with van der Waals surface area (Å²) in [5.41, 5.74) is 5.57. The zero-order valence-electron chi connectivity index (χ0n) is 12.5. The minimum absolute atomic E-state index is 0.00804. The molecular formula is C14H21N3O4. The molecule has 0 aliphatic heterocycles. The number of anilines is 1. The molecule has 7 heteroatoms. The first-order valence-electron chi connectivity index (χ1n) is 6.76. The van der Waals surface area contributed by atoms with Crippen molar-refractivity contribution in [3.8, 4) is 0 Å². The minimum Gasteiger partial charge on any atom is -0.393 e. The Balaban J connectivity index is 3.14.